The molecule has 0 spiro atoms. The molecule has 0 aromatic rings. The molecule has 2 fully saturated rings. The van der Waals surface area contributed by atoms with Crippen molar-refractivity contribution in [3.63, 3.8) is 0 Å². The van der Waals surface area contributed by atoms with Crippen LogP contribution in [0.4, 0.5) is 0 Å². The first kappa shape index (κ1) is 15.9. The molecule has 1 heterocycles. The van der Waals surface area contributed by atoms with Gasteiger partial charge < -0.3 is 9.29 Å². The van der Waals surface area contributed by atoms with Crippen LogP contribution in [-0.2, 0) is 14.9 Å². The predicted molar refractivity (Wildman–Crippen MR) is 58.1 cm³/mol. The molecule has 0 N–H and O–H groups in total. The van der Waals surface area contributed by atoms with Gasteiger partial charge in [0.05, 0.1) is 23.3 Å². The molecule has 17 heavy (non-hydrogen) atoms. The van der Waals surface area contributed by atoms with Gasteiger partial charge in [0.1, 0.15) is 0 Å². The Balaban J connectivity index is 0.00000144. The third-order valence-electron chi connectivity index (χ3n) is 3.55. The summed E-state index contributed by atoms with van der Waals surface area (Å²) in [4.78, 5) is 2.28. The molecule has 2 unspecified atom stereocenters. The fourth-order valence-electron chi connectivity index (χ4n) is 2.86. The Kier molecular flexibility index (Phi) is 6.39. The zero-order chi connectivity index (χ0) is 11.6. The zero-order valence-electron chi connectivity index (χ0n) is 10.3. The van der Waals surface area contributed by atoms with E-state index in [0.29, 0.717) is 13.2 Å². The molecule has 5 nitrogen and oxygen atoms in total. The van der Waals surface area contributed by atoms with Crippen LogP contribution in [-0.4, -0.2) is 56.0 Å². The van der Waals surface area contributed by atoms with Gasteiger partial charge >= 0.3 is 29.6 Å². The topological polar surface area (TPSA) is 69.7 Å². The number of ether oxygens (including phenoxy) is 1. The summed E-state index contributed by atoms with van der Waals surface area (Å²) in [5.74, 6) is -0.171. The third-order valence-corrected chi connectivity index (χ3v) is 4.39. The van der Waals surface area contributed by atoms with E-state index in [9.17, 15) is 13.0 Å². The van der Waals surface area contributed by atoms with Crippen LogP contribution >= 0.6 is 0 Å². The maximum atomic E-state index is 10.8. The van der Waals surface area contributed by atoms with Crippen LogP contribution in [0.1, 0.15) is 19.3 Å². The summed E-state index contributed by atoms with van der Waals surface area (Å²) in [7, 11) is -4.09. The Morgan fingerprint density at radius 3 is 2.47 bits per heavy atom. The average molecular weight is 271 g/mol. The van der Waals surface area contributed by atoms with Crippen molar-refractivity contribution in [2.45, 2.75) is 25.3 Å². The van der Waals surface area contributed by atoms with Crippen LogP contribution in [0.15, 0.2) is 0 Å². The van der Waals surface area contributed by atoms with E-state index in [4.69, 9.17) is 4.74 Å². The monoisotopic (exact) mass is 271 g/mol. The molecule has 2 atom stereocenters. The van der Waals surface area contributed by atoms with Gasteiger partial charge in [0, 0.05) is 24.9 Å². The molecule has 1 aliphatic carbocycles. The molecule has 1 aliphatic heterocycles. The van der Waals surface area contributed by atoms with E-state index >= 15 is 0 Å². The van der Waals surface area contributed by atoms with Crippen LogP contribution in [0.2, 0.25) is 0 Å². The molecule has 0 aromatic carbocycles. The Bertz CT molecular complexity index is 329. The standard InChI is InChI=1S/C10H19NO4S.Na/c12-16(13,14)8-9-2-1-3-10(9)11-4-6-15-7-5-11;/h9-10H,1-8H2,(H,12,13,14);/q;+1/p-1. The minimum absolute atomic E-state index is 0. The SMILES string of the molecule is O=S(=O)([O-])CC1CCCC1N1CCOCC1.[Na+]. The van der Waals surface area contributed by atoms with Crippen molar-refractivity contribution in [2.24, 2.45) is 5.92 Å². The number of nitrogens with zero attached hydrogens (tertiary/aromatic N) is 1. The number of hydrogen-bond acceptors (Lipinski definition) is 5. The second-order valence-corrected chi connectivity index (χ2v) is 6.08. The fraction of sp³-hybridized carbons (Fsp3) is 1.00. The molecule has 0 radical (unpaired) electrons. The minimum Gasteiger partial charge on any atom is -0.748 e. The minimum atomic E-state index is -4.09. The Hall–Kier alpha value is 0.830. The molecule has 2 rings (SSSR count). The molecule has 0 aromatic heterocycles. The second-order valence-electron chi connectivity index (χ2n) is 4.63. The maximum Gasteiger partial charge on any atom is 1.00 e. The van der Waals surface area contributed by atoms with Gasteiger partial charge in [-0.15, -0.1) is 0 Å². The molecule has 1 saturated carbocycles. The van der Waals surface area contributed by atoms with Gasteiger partial charge in [0.25, 0.3) is 0 Å². The van der Waals surface area contributed by atoms with E-state index in [0.717, 1.165) is 32.4 Å². The Morgan fingerprint density at radius 1 is 1.24 bits per heavy atom. The van der Waals surface area contributed by atoms with Crippen LogP contribution in [0.3, 0.4) is 0 Å². The van der Waals surface area contributed by atoms with Gasteiger partial charge in [-0.05, 0) is 18.8 Å². The van der Waals surface area contributed by atoms with Crippen molar-refractivity contribution in [2.75, 3.05) is 32.1 Å². The first-order valence-corrected chi connectivity index (χ1v) is 7.39. The van der Waals surface area contributed by atoms with Gasteiger partial charge in [0.2, 0.25) is 0 Å². The van der Waals surface area contributed by atoms with Crippen molar-refractivity contribution in [1.82, 2.24) is 4.90 Å². The van der Waals surface area contributed by atoms with Crippen LogP contribution in [0, 0.1) is 5.92 Å². The van der Waals surface area contributed by atoms with Crippen molar-refractivity contribution in [3.8, 4) is 0 Å². The summed E-state index contributed by atoms with van der Waals surface area (Å²) >= 11 is 0. The number of hydrogen-bond donors (Lipinski definition) is 0. The van der Waals surface area contributed by atoms with Crippen molar-refractivity contribution < 1.29 is 47.3 Å². The van der Waals surface area contributed by atoms with Crippen LogP contribution in [0.5, 0.6) is 0 Å². The summed E-state index contributed by atoms with van der Waals surface area (Å²) in [6.45, 7) is 3.15. The second kappa shape index (κ2) is 6.84. The van der Waals surface area contributed by atoms with E-state index < -0.39 is 10.1 Å². The van der Waals surface area contributed by atoms with Crippen molar-refractivity contribution in [3.05, 3.63) is 0 Å². The van der Waals surface area contributed by atoms with Crippen LogP contribution < -0.4 is 29.6 Å². The van der Waals surface area contributed by atoms with Gasteiger partial charge in [-0.1, -0.05) is 6.42 Å². The fourth-order valence-corrected chi connectivity index (χ4v) is 3.78. The number of rotatable bonds is 3. The van der Waals surface area contributed by atoms with Crippen LogP contribution in [0.25, 0.3) is 0 Å². The largest absolute Gasteiger partial charge is 1.00 e. The van der Waals surface area contributed by atoms with Gasteiger partial charge in [-0.3, -0.25) is 4.90 Å². The van der Waals surface area contributed by atoms with Crippen molar-refractivity contribution >= 4 is 10.1 Å². The first-order chi connectivity index (χ1) is 7.56. The molecule has 2 aliphatic rings. The molecule has 0 amide bonds. The molecule has 94 valence electrons. The summed E-state index contributed by atoms with van der Waals surface area (Å²) < 4.78 is 37.7. The van der Waals surface area contributed by atoms with Gasteiger partial charge in [0.15, 0.2) is 0 Å². The zero-order valence-corrected chi connectivity index (χ0v) is 13.1. The molecular formula is C10H18NNaO4S. The maximum absolute atomic E-state index is 10.8. The molecule has 0 bridgehead atoms. The first-order valence-electron chi connectivity index (χ1n) is 5.81. The summed E-state index contributed by atoms with van der Waals surface area (Å²) in [5, 5.41) is 0. The summed E-state index contributed by atoms with van der Waals surface area (Å²) in [6, 6.07) is 0.271. The average Bonchev–Trinajstić information content (AvgIpc) is 2.64. The quantitative estimate of drug-likeness (QED) is 0.405. The Labute approximate surface area is 125 Å². The molecule has 1 saturated heterocycles. The van der Waals surface area contributed by atoms with Gasteiger partial charge in [-0.2, -0.15) is 0 Å². The smallest absolute Gasteiger partial charge is 0.748 e. The normalized spacial score (nSPS) is 31.1. The van der Waals surface area contributed by atoms with E-state index in [1.54, 1.807) is 0 Å². The van der Waals surface area contributed by atoms with E-state index in [-0.39, 0.29) is 47.3 Å². The predicted octanol–water partition coefficient (Wildman–Crippen LogP) is -2.96. The third kappa shape index (κ3) is 4.78. The summed E-state index contributed by atoms with van der Waals surface area (Å²) in [6.07, 6.45) is 2.91. The van der Waals surface area contributed by atoms with E-state index in [1.807, 2.05) is 0 Å². The van der Waals surface area contributed by atoms with E-state index in [1.165, 1.54) is 0 Å². The van der Waals surface area contributed by atoms with E-state index in [2.05, 4.69) is 4.90 Å². The molecular weight excluding hydrogens is 253 g/mol. The van der Waals surface area contributed by atoms with Gasteiger partial charge in [-0.25, -0.2) is 8.42 Å². The number of morpholine rings is 1. The Morgan fingerprint density at radius 2 is 1.88 bits per heavy atom. The summed E-state index contributed by atoms with van der Waals surface area (Å²) in [5.41, 5.74) is 0. The van der Waals surface area contributed by atoms with Crippen molar-refractivity contribution in [1.29, 1.82) is 0 Å². The molecule has 7 heteroatoms.